The lowest BCUT2D eigenvalue weighted by Gasteiger charge is -2.04. The van der Waals surface area contributed by atoms with Gasteiger partial charge in [0.05, 0.1) is 6.07 Å². The van der Waals surface area contributed by atoms with E-state index in [1.54, 1.807) is 0 Å². The molecule has 0 aliphatic heterocycles. The molecule has 0 spiro atoms. The lowest BCUT2D eigenvalue weighted by molar-refractivity contribution is -0.108. The molecule has 0 heterocycles. The van der Waals surface area contributed by atoms with Crippen LogP contribution in [0.2, 0.25) is 0 Å². The van der Waals surface area contributed by atoms with Gasteiger partial charge < -0.3 is 4.79 Å². The smallest absolute Gasteiger partial charge is 0.141 e. The number of hydrogen-bond donors (Lipinski definition) is 0. The van der Waals surface area contributed by atoms with Crippen molar-refractivity contribution in [3.05, 3.63) is 60.2 Å². The third-order valence-corrected chi connectivity index (χ3v) is 2.65. The molecule has 0 aromatic heterocycles. The standard InChI is InChI=1S/C15H11NO/c16-10-15(11-17)14-8-6-13(7-9-14)12-4-2-1-3-5-12/h1-9,11,15H. The molecule has 0 saturated carbocycles. The molecule has 0 amide bonds. The Morgan fingerprint density at radius 3 is 2.06 bits per heavy atom. The number of rotatable bonds is 3. The summed E-state index contributed by atoms with van der Waals surface area (Å²) in [5, 5.41) is 8.78. The Labute approximate surface area is 100 Å². The van der Waals surface area contributed by atoms with Crippen molar-refractivity contribution < 1.29 is 4.79 Å². The second-order valence-electron chi connectivity index (χ2n) is 3.73. The highest BCUT2D eigenvalue weighted by Crippen LogP contribution is 2.21. The second-order valence-corrected chi connectivity index (χ2v) is 3.73. The van der Waals surface area contributed by atoms with E-state index < -0.39 is 5.92 Å². The van der Waals surface area contributed by atoms with Crippen molar-refractivity contribution in [1.82, 2.24) is 0 Å². The van der Waals surface area contributed by atoms with Gasteiger partial charge in [-0.25, -0.2) is 0 Å². The summed E-state index contributed by atoms with van der Waals surface area (Å²) in [7, 11) is 0. The third-order valence-electron chi connectivity index (χ3n) is 2.65. The molecule has 17 heavy (non-hydrogen) atoms. The van der Waals surface area contributed by atoms with E-state index in [-0.39, 0.29) is 0 Å². The quantitative estimate of drug-likeness (QED) is 0.747. The summed E-state index contributed by atoms with van der Waals surface area (Å²) >= 11 is 0. The summed E-state index contributed by atoms with van der Waals surface area (Å²) in [6.07, 6.45) is 0.664. The SMILES string of the molecule is N#CC(C=O)c1ccc(-c2ccccc2)cc1. The van der Waals surface area contributed by atoms with Crippen molar-refractivity contribution in [2.24, 2.45) is 0 Å². The van der Waals surface area contributed by atoms with Gasteiger partial charge in [-0.15, -0.1) is 0 Å². The van der Waals surface area contributed by atoms with E-state index in [9.17, 15) is 4.79 Å². The fourth-order valence-corrected chi connectivity index (χ4v) is 1.70. The molecule has 2 aromatic rings. The topological polar surface area (TPSA) is 40.9 Å². The summed E-state index contributed by atoms with van der Waals surface area (Å²) < 4.78 is 0. The number of aldehydes is 1. The highest BCUT2D eigenvalue weighted by Gasteiger charge is 2.08. The summed E-state index contributed by atoms with van der Waals surface area (Å²) in [4.78, 5) is 10.7. The second kappa shape index (κ2) is 5.09. The minimum atomic E-state index is -0.667. The number of carbonyl (C=O) groups is 1. The van der Waals surface area contributed by atoms with Gasteiger partial charge in [0.15, 0.2) is 0 Å². The fourth-order valence-electron chi connectivity index (χ4n) is 1.70. The van der Waals surface area contributed by atoms with Crippen LogP contribution in [0.1, 0.15) is 11.5 Å². The summed E-state index contributed by atoms with van der Waals surface area (Å²) in [5.74, 6) is -0.667. The zero-order chi connectivity index (χ0) is 12.1. The van der Waals surface area contributed by atoms with Crippen LogP contribution in [0.15, 0.2) is 54.6 Å². The Hall–Kier alpha value is -2.40. The molecule has 2 aromatic carbocycles. The van der Waals surface area contributed by atoms with Crippen LogP contribution in [0.3, 0.4) is 0 Å². The molecule has 0 N–H and O–H groups in total. The molecular weight excluding hydrogens is 210 g/mol. The zero-order valence-electron chi connectivity index (χ0n) is 9.21. The number of nitriles is 1. The molecule has 2 rings (SSSR count). The predicted molar refractivity (Wildman–Crippen MR) is 66.3 cm³/mol. The van der Waals surface area contributed by atoms with Gasteiger partial charge >= 0.3 is 0 Å². The molecular formula is C15H11NO. The molecule has 0 bridgehead atoms. The molecule has 0 aliphatic rings. The first-order valence-electron chi connectivity index (χ1n) is 5.35. The lowest BCUT2D eigenvalue weighted by atomic mass is 9.98. The van der Waals surface area contributed by atoms with Gasteiger partial charge in [-0.3, -0.25) is 0 Å². The first-order valence-corrected chi connectivity index (χ1v) is 5.35. The van der Waals surface area contributed by atoms with E-state index in [0.29, 0.717) is 6.29 Å². The monoisotopic (exact) mass is 221 g/mol. The summed E-state index contributed by atoms with van der Waals surface area (Å²) in [5.41, 5.74) is 2.94. The molecule has 82 valence electrons. The average molecular weight is 221 g/mol. The van der Waals surface area contributed by atoms with E-state index in [1.165, 1.54) is 0 Å². The van der Waals surface area contributed by atoms with Crippen molar-refractivity contribution >= 4 is 6.29 Å². The third kappa shape index (κ3) is 2.40. The van der Waals surface area contributed by atoms with Crippen molar-refractivity contribution in [2.45, 2.75) is 5.92 Å². The number of hydrogen-bond acceptors (Lipinski definition) is 2. The van der Waals surface area contributed by atoms with Gasteiger partial charge in [-0.1, -0.05) is 54.6 Å². The molecule has 1 atom stereocenters. The van der Waals surface area contributed by atoms with Gasteiger partial charge in [0.2, 0.25) is 0 Å². The molecule has 0 aliphatic carbocycles. The van der Waals surface area contributed by atoms with Gasteiger partial charge in [-0.2, -0.15) is 5.26 Å². The van der Waals surface area contributed by atoms with Crippen LogP contribution in [0.4, 0.5) is 0 Å². The van der Waals surface area contributed by atoms with E-state index in [1.807, 2.05) is 60.7 Å². The normalized spacial score (nSPS) is 11.5. The van der Waals surface area contributed by atoms with Crippen LogP contribution in [0.5, 0.6) is 0 Å². The van der Waals surface area contributed by atoms with Gasteiger partial charge in [0.25, 0.3) is 0 Å². The fraction of sp³-hybridized carbons (Fsp3) is 0.0667. The predicted octanol–water partition coefficient (Wildman–Crippen LogP) is 3.16. The van der Waals surface area contributed by atoms with Crippen molar-refractivity contribution in [2.75, 3.05) is 0 Å². The van der Waals surface area contributed by atoms with E-state index in [0.717, 1.165) is 16.7 Å². The van der Waals surface area contributed by atoms with Crippen molar-refractivity contribution in [3.8, 4) is 17.2 Å². The lowest BCUT2D eigenvalue weighted by Crippen LogP contribution is -1.95. The van der Waals surface area contributed by atoms with Crippen LogP contribution < -0.4 is 0 Å². The Morgan fingerprint density at radius 2 is 1.53 bits per heavy atom. The molecule has 0 radical (unpaired) electrons. The van der Waals surface area contributed by atoms with Crippen molar-refractivity contribution in [3.63, 3.8) is 0 Å². The molecule has 2 heteroatoms. The van der Waals surface area contributed by atoms with Crippen LogP contribution in [0, 0.1) is 11.3 Å². The molecule has 1 unspecified atom stereocenters. The number of benzene rings is 2. The van der Waals surface area contributed by atoms with Gasteiger partial charge in [-0.05, 0) is 16.7 Å². The molecule has 0 saturated heterocycles. The Kier molecular flexibility index (Phi) is 3.32. The molecule has 0 fully saturated rings. The Bertz CT molecular complexity index is 537. The number of carbonyl (C=O) groups excluding carboxylic acids is 1. The van der Waals surface area contributed by atoms with Crippen LogP contribution in [0.25, 0.3) is 11.1 Å². The van der Waals surface area contributed by atoms with Gasteiger partial charge in [0.1, 0.15) is 12.2 Å². The zero-order valence-corrected chi connectivity index (χ0v) is 9.21. The molecule has 2 nitrogen and oxygen atoms in total. The first-order chi connectivity index (χ1) is 8.35. The minimum absolute atomic E-state index is 0.664. The van der Waals surface area contributed by atoms with E-state index >= 15 is 0 Å². The van der Waals surface area contributed by atoms with Crippen molar-refractivity contribution in [1.29, 1.82) is 5.26 Å². The maximum absolute atomic E-state index is 10.7. The Morgan fingerprint density at radius 1 is 0.941 bits per heavy atom. The maximum Gasteiger partial charge on any atom is 0.141 e. The van der Waals surface area contributed by atoms with E-state index in [2.05, 4.69) is 0 Å². The van der Waals surface area contributed by atoms with Crippen LogP contribution in [-0.2, 0) is 4.79 Å². The largest absolute Gasteiger partial charge is 0.302 e. The van der Waals surface area contributed by atoms with Gasteiger partial charge in [0, 0.05) is 0 Å². The van der Waals surface area contributed by atoms with Crippen LogP contribution >= 0.6 is 0 Å². The average Bonchev–Trinajstić information content (AvgIpc) is 2.42. The van der Waals surface area contributed by atoms with Crippen LogP contribution in [-0.4, -0.2) is 6.29 Å². The maximum atomic E-state index is 10.7. The Balaban J connectivity index is 2.31. The number of nitrogens with zero attached hydrogens (tertiary/aromatic N) is 1. The summed E-state index contributed by atoms with van der Waals surface area (Å²) in [6, 6.07) is 19.4. The minimum Gasteiger partial charge on any atom is -0.302 e. The highest BCUT2D eigenvalue weighted by molar-refractivity contribution is 5.69. The summed E-state index contributed by atoms with van der Waals surface area (Å²) in [6.45, 7) is 0. The highest BCUT2D eigenvalue weighted by atomic mass is 16.1. The van der Waals surface area contributed by atoms with E-state index in [4.69, 9.17) is 5.26 Å². The first kappa shape index (κ1) is 11.1.